The number of ether oxygens (including phenoxy) is 1. The molecule has 0 radical (unpaired) electrons. The molecule has 9 nitrogen and oxygen atoms in total. The summed E-state index contributed by atoms with van der Waals surface area (Å²) in [6.45, 7) is 6.81. The Kier molecular flexibility index (Phi) is 49.0. The second kappa shape index (κ2) is 50.5. The Bertz CT molecular complexity index is 1340. The van der Waals surface area contributed by atoms with Gasteiger partial charge in [0.1, 0.15) is 19.3 Å². The van der Waals surface area contributed by atoms with Crippen LogP contribution in [0.3, 0.4) is 0 Å². The molecule has 0 bridgehead atoms. The lowest BCUT2D eigenvalue weighted by molar-refractivity contribution is -0.870. The number of quaternary nitrogens is 1. The van der Waals surface area contributed by atoms with Crippen LogP contribution in [0.5, 0.6) is 0 Å². The van der Waals surface area contributed by atoms with Crippen molar-refractivity contribution in [1.29, 1.82) is 0 Å². The van der Waals surface area contributed by atoms with E-state index in [1.807, 2.05) is 33.3 Å². The summed E-state index contributed by atoms with van der Waals surface area (Å²) in [4.78, 5) is 39.9. The van der Waals surface area contributed by atoms with Crippen molar-refractivity contribution in [2.24, 2.45) is 0 Å². The summed E-state index contributed by atoms with van der Waals surface area (Å²) >= 11 is 0. The minimum Gasteiger partial charge on any atom is -0.756 e. The van der Waals surface area contributed by atoms with E-state index in [2.05, 4.69) is 62.5 Å². The van der Waals surface area contributed by atoms with Gasteiger partial charge in [0.05, 0.1) is 33.8 Å². The number of allylic oxidation sites excluding steroid dienone is 7. The fourth-order valence-corrected chi connectivity index (χ4v) is 9.11. The lowest BCUT2D eigenvalue weighted by Gasteiger charge is -2.30. The van der Waals surface area contributed by atoms with Crippen LogP contribution in [0.2, 0.25) is 0 Å². The van der Waals surface area contributed by atoms with Gasteiger partial charge in [-0.15, -0.1) is 0 Å². The highest BCUT2D eigenvalue weighted by atomic mass is 31.2. The molecule has 0 heterocycles. The van der Waals surface area contributed by atoms with E-state index < -0.39 is 26.6 Å². The summed E-state index contributed by atoms with van der Waals surface area (Å²) in [6.07, 6.45) is 60.6. The molecule has 0 aliphatic carbocycles. The molecule has 10 heteroatoms. The van der Waals surface area contributed by atoms with Gasteiger partial charge in [-0.05, 0) is 83.1 Å². The molecule has 0 aliphatic heterocycles. The van der Waals surface area contributed by atoms with Gasteiger partial charge >= 0.3 is 5.97 Å². The highest BCUT2D eigenvalue weighted by Crippen LogP contribution is 2.38. The van der Waals surface area contributed by atoms with E-state index >= 15 is 0 Å². The molecule has 0 aromatic rings. The quantitative estimate of drug-likeness (QED) is 0.0161. The van der Waals surface area contributed by atoms with Gasteiger partial charge in [0.2, 0.25) is 5.91 Å². The summed E-state index contributed by atoms with van der Waals surface area (Å²) in [5, 5.41) is 3.02. The third-order valence-corrected chi connectivity index (χ3v) is 14.0. The summed E-state index contributed by atoms with van der Waals surface area (Å²) in [7, 11) is 1.18. The number of esters is 1. The number of likely N-dealkylation sites (N-methyl/N-ethyl adjacent to an activating group) is 1. The smallest absolute Gasteiger partial charge is 0.306 e. The van der Waals surface area contributed by atoms with Crippen molar-refractivity contribution < 1.29 is 37.3 Å². The molecule has 3 atom stereocenters. The number of nitrogens with one attached hydrogen (secondary N) is 1. The average molecular weight is 1010 g/mol. The number of carbonyl (C=O) groups is 2. The summed E-state index contributed by atoms with van der Waals surface area (Å²) in [5.74, 6) is -0.555. The second-order valence-corrected chi connectivity index (χ2v) is 22.6. The van der Waals surface area contributed by atoms with Gasteiger partial charge < -0.3 is 28.5 Å². The first-order valence-electron chi connectivity index (χ1n) is 29.5. The molecule has 1 N–H and O–H groups in total. The monoisotopic (exact) mass is 1000 g/mol. The van der Waals surface area contributed by atoms with Gasteiger partial charge in [0, 0.05) is 12.8 Å². The van der Waals surface area contributed by atoms with Crippen LogP contribution < -0.4 is 10.2 Å². The number of carbonyl (C=O) groups excluding carboxylic acids is 2. The minimum atomic E-state index is -4.70. The number of rotatable bonds is 53. The van der Waals surface area contributed by atoms with Crippen molar-refractivity contribution in [2.45, 2.75) is 283 Å². The summed E-state index contributed by atoms with van der Waals surface area (Å²) in [5.41, 5.74) is 0. The van der Waals surface area contributed by atoms with Crippen LogP contribution in [0.4, 0.5) is 0 Å². The SMILES string of the molecule is CCCCC/C=C/C=C/CCCCCCCCC(=O)OC(/C=C/CCCCCCCCCCCC)C(COP(=O)([O-])OCC[N+](C)(C)C)NC(=O)CCCCCCCCC/C=C/CCCCCCCC. The van der Waals surface area contributed by atoms with Gasteiger partial charge in [-0.1, -0.05) is 224 Å². The Morgan fingerprint density at radius 3 is 1.33 bits per heavy atom. The lowest BCUT2D eigenvalue weighted by atomic mass is 10.0. The van der Waals surface area contributed by atoms with E-state index in [0.717, 1.165) is 89.9 Å². The van der Waals surface area contributed by atoms with E-state index in [1.165, 1.54) is 148 Å². The number of phosphoric acid groups is 1. The molecule has 410 valence electrons. The van der Waals surface area contributed by atoms with Crippen molar-refractivity contribution in [2.75, 3.05) is 40.9 Å². The third kappa shape index (κ3) is 50.9. The van der Waals surface area contributed by atoms with Crippen LogP contribution in [0.25, 0.3) is 0 Å². The standard InChI is InChI=1S/C60H113N2O7P/c1-7-10-13-16-19-22-25-28-30-31-33-34-37-40-43-46-49-52-59(63)61-57(56-68-70(65,66)67-55-54-62(4,5)6)58(51-48-45-42-39-36-27-24-21-18-15-12-9-3)69-60(64)53-50-47-44-41-38-35-32-29-26-23-20-17-14-11-8-2/h20,23,26,28-30,48,51,57-58H,7-19,21-22,24-25,27,31-47,49-50,52-56H2,1-6H3,(H-,61,63,65,66)/b23-20+,29-26+,30-28+,51-48+. The number of phosphoric ester groups is 1. The largest absolute Gasteiger partial charge is 0.756 e. The van der Waals surface area contributed by atoms with Crippen LogP contribution in [-0.4, -0.2) is 69.4 Å². The van der Waals surface area contributed by atoms with E-state index in [1.54, 1.807) is 0 Å². The van der Waals surface area contributed by atoms with Gasteiger partial charge in [0.25, 0.3) is 7.82 Å². The molecule has 70 heavy (non-hydrogen) atoms. The maximum atomic E-state index is 13.5. The van der Waals surface area contributed by atoms with Crippen LogP contribution in [0, 0.1) is 0 Å². The molecule has 3 unspecified atom stereocenters. The van der Waals surface area contributed by atoms with Gasteiger partial charge in [-0.3, -0.25) is 14.2 Å². The van der Waals surface area contributed by atoms with Crippen LogP contribution >= 0.6 is 7.82 Å². The number of hydrogen-bond acceptors (Lipinski definition) is 7. The molecule has 0 rings (SSSR count). The lowest BCUT2D eigenvalue weighted by Crippen LogP contribution is -2.47. The molecule has 0 saturated heterocycles. The fraction of sp³-hybridized carbons (Fsp3) is 0.833. The number of hydrogen-bond donors (Lipinski definition) is 1. The van der Waals surface area contributed by atoms with E-state index in [-0.39, 0.29) is 24.9 Å². The molecule has 0 spiro atoms. The average Bonchev–Trinajstić information content (AvgIpc) is 3.32. The summed E-state index contributed by atoms with van der Waals surface area (Å²) < 4.78 is 30.2. The number of unbranched alkanes of at least 4 members (excludes halogenated alkanes) is 32. The molecular weight excluding hydrogens is 892 g/mol. The Morgan fingerprint density at radius 1 is 0.500 bits per heavy atom. The molecule has 0 aliphatic rings. The highest BCUT2D eigenvalue weighted by molar-refractivity contribution is 7.45. The predicted octanol–water partition coefficient (Wildman–Crippen LogP) is 17.1. The minimum absolute atomic E-state index is 0.0251. The zero-order valence-corrected chi connectivity index (χ0v) is 47.6. The van der Waals surface area contributed by atoms with E-state index in [4.69, 9.17) is 13.8 Å². The molecule has 0 aromatic carbocycles. The normalized spacial score (nSPS) is 14.1. The van der Waals surface area contributed by atoms with Crippen LogP contribution in [0.15, 0.2) is 48.6 Å². The van der Waals surface area contributed by atoms with Crippen molar-refractivity contribution in [1.82, 2.24) is 5.32 Å². The summed E-state index contributed by atoms with van der Waals surface area (Å²) in [6, 6.07) is -0.893. The first-order valence-corrected chi connectivity index (χ1v) is 30.9. The Morgan fingerprint density at radius 2 is 0.871 bits per heavy atom. The Hall–Kier alpha value is -2.03. The van der Waals surface area contributed by atoms with Crippen LogP contribution in [-0.2, 0) is 27.9 Å². The van der Waals surface area contributed by atoms with Gasteiger partial charge in [0.15, 0.2) is 0 Å². The molecule has 0 fully saturated rings. The zero-order valence-electron chi connectivity index (χ0n) is 46.7. The number of amides is 1. The van der Waals surface area contributed by atoms with Gasteiger partial charge in [-0.2, -0.15) is 0 Å². The van der Waals surface area contributed by atoms with E-state index in [0.29, 0.717) is 17.4 Å². The van der Waals surface area contributed by atoms with Crippen LogP contribution in [0.1, 0.15) is 271 Å². The maximum absolute atomic E-state index is 13.5. The topological polar surface area (TPSA) is 114 Å². The highest BCUT2D eigenvalue weighted by Gasteiger charge is 2.27. The predicted molar refractivity (Wildman–Crippen MR) is 298 cm³/mol. The first-order chi connectivity index (χ1) is 33.9. The second-order valence-electron chi connectivity index (χ2n) is 21.2. The van der Waals surface area contributed by atoms with Crippen molar-refractivity contribution >= 4 is 19.7 Å². The van der Waals surface area contributed by atoms with E-state index in [9.17, 15) is 19.0 Å². The zero-order chi connectivity index (χ0) is 51.5. The Labute approximate surface area is 433 Å². The van der Waals surface area contributed by atoms with Gasteiger partial charge in [-0.25, -0.2) is 0 Å². The molecule has 0 aromatic heterocycles. The third-order valence-electron chi connectivity index (χ3n) is 13.0. The molecular formula is C60H113N2O7P. The fourth-order valence-electron chi connectivity index (χ4n) is 8.39. The molecule has 0 saturated carbocycles. The van der Waals surface area contributed by atoms with Crippen molar-refractivity contribution in [3.8, 4) is 0 Å². The van der Waals surface area contributed by atoms with Crippen molar-refractivity contribution in [3.05, 3.63) is 48.6 Å². The van der Waals surface area contributed by atoms with Crippen molar-refractivity contribution in [3.63, 3.8) is 0 Å². The maximum Gasteiger partial charge on any atom is 0.306 e. The Balaban J connectivity index is 5.34. The number of nitrogens with zero attached hydrogens (tertiary/aromatic N) is 1. The molecule has 1 amide bonds. The first kappa shape index (κ1) is 68.0.